The van der Waals surface area contributed by atoms with Crippen LogP contribution in [0.1, 0.15) is 0 Å². The minimum Gasteiger partial charge on any atom is -0.726 e. The molecule has 2 aliphatic heterocycles. The molecule has 2 heterocycles. The van der Waals surface area contributed by atoms with Gasteiger partial charge in [-0.05, 0) is 0 Å². The molecule has 0 bridgehead atoms. The van der Waals surface area contributed by atoms with E-state index in [0.717, 1.165) is 0 Å². The fraction of sp³-hybridized carbons (Fsp3) is 1.00. The van der Waals surface area contributed by atoms with E-state index in [1.807, 2.05) is 0 Å². The summed E-state index contributed by atoms with van der Waals surface area (Å²) in [5, 5.41) is 0. The highest BCUT2D eigenvalue weighted by molar-refractivity contribution is 7.82. The summed E-state index contributed by atoms with van der Waals surface area (Å²) in [7, 11) is -50.8. The zero-order valence-electron chi connectivity index (χ0n) is 32.8. The molecule has 0 radical (unpaired) electrons. The Morgan fingerprint density at radius 2 is 0.698 bits per heavy atom. The predicted octanol–water partition coefficient (Wildman–Crippen LogP) is -6.51. The fourth-order valence-electron chi connectivity index (χ4n) is 4.21. The first-order valence-electron chi connectivity index (χ1n) is 12.2. The number of ether oxygens (including phenoxy) is 3. The van der Waals surface area contributed by atoms with E-state index in [9.17, 15) is 104 Å². The van der Waals surface area contributed by atoms with E-state index < -0.39 is 158 Å². The quantitative estimate of drug-likeness (QED) is 0.0391. The highest BCUT2D eigenvalue weighted by Gasteiger charge is 2.64. The van der Waals surface area contributed by atoms with Crippen LogP contribution in [0.2, 0.25) is 0 Å². The summed E-state index contributed by atoms with van der Waals surface area (Å²) in [5.74, 6) is -4.31. The third-order valence-corrected chi connectivity index (χ3v) is 9.18. The van der Waals surface area contributed by atoms with E-state index in [1.54, 1.807) is 0 Å². The zero-order chi connectivity index (χ0) is 43.0. The molecule has 2 fully saturated rings. The molecule has 0 aromatic heterocycles. The second kappa shape index (κ2) is 26.2. The summed E-state index contributed by atoms with van der Waals surface area (Å²) in [6.45, 7) is -6.74. The Kier molecular flexibility index (Phi) is 31.5. The van der Waals surface area contributed by atoms with Crippen molar-refractivity contribution in [3.05, 3.63) is 0 Å². The molecule has 0 aromatic rings. The van der Waals surface area contributed by atoms with E-state index in [-0.39, 0.29) is 49.2 Å². The molecule has 63 heavy (non-hydrogen) atoms. The lowest BCUT2D eigenvalue weighted by Gasteiger charge is -2.47. The maximum absolute atomic E-state index is 11.7. The molecule has 0 saturated carbocycles. The fourth-order valence-corrected chi connectivity index (χ4v) is 7.60. The van der Waals surface area contributed by atoms with E-state index in [2.05, 4.69) is 33.5 Å². The molecule has 2 saturated heterocycles. The van der Waals surface area contributed by atoms with Crippen molar-refractivity contribution in [2.24, 2.45) is 0 Å². The summed E-state index contributed by atoms with van der Waals surface area (Å²) in [6.07, 6.45) is -27.5. The monoisotopic (exact) mass is 1120 g/mol. The van der Waals surface area contributed by atoms with Gasteiger partial charge in [0.2, 0.25) is 89.0 Å². The van der Waals surface area contributed by atoms with Gasteiger partial charge in [-0.25, -0.2) is 67.3 Å². The van der Waals surface area contributed by atoms with Gasteiger partial charge in [-0.1, -0.05) is 0 Å². The van der Waals surface area contributed by atoms with Crippen molar-refractivity contribution in [3.8, 4) is 0 Å². The van der Waals surface area contributed by atoms with E-state index in [1.165, 1.54) is 0 Å². The molecule has 9 atom stereocenters. The molecule has 392 valence electrons. The largest absolute Gasteiger partial charge is 0.726 e. The van der Waals surface area contributed by atoms with Crippen molar-refractivity contribution in [1.29, 1.82) is 0 Å². The van der Waals surface area contributed by atoms with Crippen LogP contribution < -0.4 is 49.2 Å². The van der Waals surface area contributed by atoms with Gasteiger partial charge >= 0.3 is 0 Å². The van der Waals surface area contributed by atoms with Gasteiger partial charge in [0.25, 0.3) is 0 Å². The minimum atomic E-state index is -6.58. The molecule has 2 rings (SSSR count). The maximum Gasteiger partial charge on any atom is 0.227 e. The van der Waals surface area contributed by atoms with Gasteiger partial charge in [0, 0.05) is 0 Å². The van der Waals surface area contributed by atoms with Crippen LogP contribution in [0.5, 0.6) is 0 Å². The topological polar surface area (TPSA) is 851 Å². The van der Waals surface area contributed by atoms with Crippen LogP contribution in [0.3, 0.4) is 0 Å². The van der Waals surface area contributed by atoms with Crippen molar-refractivity contribution in [1.82, 2.24) is 49.2 Å². The van der Waals surface area contributed by atoms with Gasteiger partial charge in [0.05, 0.1) is 13.2 Å². The average Bonchev–Trinajstić information content (AvgIpc) is 3.15. The molecule has 43 nitrogen and oxygen atoms in total. The van der Waals surface area contributed by atoms with Crippen molar-refractivity contribution in [2.45, 2.75) is 54.8 Å². The van der Waals surface area contributed by atoms with Crippen LogP contribution in [0.4, 0.5) is 0 Å². The summed E-state index contributed by atoms with van der Waals surface area (Å²) in [5.41, 5.74) is 0. The standard InChI is InChI=1S/C12H22O35S8.8H3N/c13-48(14,15)37-1-4-6(43-51(22,23)24)8(45-53(28,29)30)9(46-54(31,32)33)11(40-4)42-12(3-39-50(19,20)21)10(47-55(34,35)36)7(44-52(25,26)27)5(41-12)2-38-49(16,17)18;;;;;;;;/h4-11H,1-3H2,(H,13,14,15)(H,16,17,18)(H,19,20,21)(H,22,23,24)(H,25,26,27)(H,28,29,30)(H,31,32,33)(H,34,35,36);8*1H3/t4-,5-,6-,7-,8+,9-,10+,11-,12+;;;;;;;;/m1......../s1. The molecule has 0 unspecified atom stereocenters. The Labute approximate surface area is 357 Å². The maximum atomic E-state index is 11.7. The Hall–Kier alpha value is -1.48. The van der Waals surface area contributed by atoms with Gasteiger partial charge in [-0.3, -0.25) is 33.5 Å². The van der Waals surface area contributed by atoms with Crippen molar-refractivity contribution >= 4 is 83.2 Å². The van der Waals surface area contributed by atoms with E-state index >= 15 is 0 Å². The highest BCUT2D eigenvalue weighted by Crippen LogP contribution is 2.42. The molecule has 51 heteroatoms. The van der Waals surface area contributed by atoms with Gasteiger partial charge < -0.3 is 99.8 Å². The van der Waals surface area contributed by atoms with Crippen LogP contribution in [0.15, 0.2) is 0 Å². The molecular weight excluding hydrogens is 1070 g/mol. The molecular formula is C12H46N8O35S8. The Balaban J connectivity index is -0.000000784. The highest BCUT2D eigenvalue weighted by atomic mass is 32.3. The third-order valence-electron chi connectivity index (χ3n) is 5.65. The Morgan fingerprint density at radius 1 is 0.381 bits per heavy atom. The normalized spacial score (nSPS) is 26.8. The van der Waals surface area contributed by atoms with Crippen molar-refractivity contribution < 1.29 is 151 Å². The molecule has 0 aliphatic carbocycles. The van der Waals surface area contributed by atoms with Crippen molar-refractivity contribution in [2.75, 3.05) is 19.8 Å². The number of quaternary nitrogens is 8. The number of hydrogen-bond donors (Lipinski definition) is 8. The Bertz CT molecular complexity index is 2310. The van der Waals surface area contributed by atoms with Gasteiger partial charge in [-0.15, -0.1) is 0 Å². The van der Waals surface area contributed by atoms with Gasteiger partial charge in [0.1, 0.15) is 37.1 Å². The van der Waals surface area contributed by atoms with Crippen LogP contribution in [-0.4, -0.2) is 178 Å². The van der Waals surface area contributed by atoms with E-state index in [0.29, 0.717) is 0 Å². The first-order chi connectivity index (χ1) is 24.2. The Morgan fingerprint density at radius 3 is 1.05 bits per heavy atom. The molecule has 0 aromatic carbocycles. The smallest absolute Gasteiger partial charge is 0.227 e. The molecule has 0 amide bonds. The zero-order valence-corrected chi connectivity index (χ0v) is 39.3. The van der Waals surface area contributed by atoms with Crippen LogP contribution in [0.25, 0.3) is 0 Å². The van der Waals surface area contributed by atoms with Gasteiger partial charge in [-0.2, -0.15) is 0 Å². The number of rotatable bonds is 21. The summed E-state index contributed by atoms with van der Waals surface area (Å²) >= 11 is 0. The summed E-state index contributed by atoms with van der Waals surface area (Å²) < 4.78 is 320. The lowest BCUT2D eigenvalue weighted by molar-refractivity contribution is -0.374. The van der Waals surface area contributed by atoms with Crippen LogP contribution >= 0.6 is 0 Å². The SMILES string of the molecule is O=S(=O)([O-])OC[C@H]1O[C@@](COS(=O)(=O)[O-])(O[C@H]2O[C@H](COS(=O)(=O)[O-])[C@@H](OS(=O)(=O)[O-])[C@H](OS(=O)(=O)[O-])[C@H]2OS(=O)(=O)[O-])[C@@H](OS(=O)(=O)[O-])[C@@H]1OS(=O)(=O)[O-].[NH4+].[NH4+].[NH4+].[NH4+].[NH4+].[NH4+].[NH4+].[NH4+]. The molecule has 32 N–H and O–H groups in total. The first-order valence-corrected chi connectivity index (χ1v) is 22.9. The molecule has 2 aliphatic rings. The predicted molar refractivity (Wildman–Crippen MR) is 185 cm³/mol. The minimum absolute atomic E-state index is 0. The average molecular weight is 1120 g/mol. The van der Waals surface area contributed by atoms with Crippen molar-refractivity contribution in [3.63, 3.8) is 0 Å². The lowest BCUT2D eigenvalue weighted by atomic mass is 9.99. The summed E-state index contributed by atoms with van der Waals surface area (Å²) in [6, 6.07) is 0. The van der Waals surface area contributed by atoms with Gasteiger partial charge in [0.15, 0.2) is 18.5 Å². The lowest BCUT2D eigenvalue weighted by Crippen LogP contribution is -2.65. The third kappa shape index (κ3) is 27.7. The molecule has 0 spiro atoms. The second-order valence-electron chi connectivity index (χ2n) is 9.49. The van der Waals surface area contributed by atoms with E-state index in [4.69, 9.17) is 14.2 Å². The second-order valence-corrected chi connectivity index (χ2v) is 17.7. The van der Waals surface area contributed by atoms with Crippen LogP contribution in [-0.2, 0) is 131 Å². The first kappa shape index (κ1) is 75.8. The summed E-state index contributed by atoms with van der Waals surface area (Å²) in [4.78, 5) is 0. The van der Waals surface area contributed by atoms with Crippen LogP contribution in [0, 0.1) is 0 Å². The number of hydrogen-bond acceptors (Lipinski definition) is 35.